The van der Waals surface area contributed by atoms with Crippen LogP contribution in [0.5, 0.6) is 0 Å². The predicted molar refractivity (Wildman–Crippen MR) is 78.0 cm³/mol. The molecule has 0 aliphatic carbocycles. The van der Waals surface area contributed by atoms with Gasteiger partial charge in [-0.05, 0) is 34.4 Å². The van der Waals surface area contributed by atoms with Gasteiger partial charge >= 0.3 is 0 Å². The first-order valence-electron chi connectivity index (χ1n) is 6.07. The van der Waals surface area contributed by atoms with Crippen molar-refractivity contribution in [1.82, 2.24) is 0 Å². The van der Waals surface area contributed by atoms with Crippen LogP contribution >= 0.6 is 15.9 Å². The van der Waals surface area contributed by atoms with Crippen LogP contribution in [0, 0.1) is 5.92 Å². The standard InChI is InChI=1S/C15H18BrN/c1-3-10(2)15(17)12-7-8-13-11(9-12)5-4-6-14(13)16/h4-10,15H,3,17H2,1-2H3. The van der Waals surface area contributed by atoms with E-state index in [1.165, 1.54) is 16.3 Å². The first-order valence-corrected chi connectivity index (χ1v) is 6.86. The first-order chi connectivity index (χ1) is 8.13. The lowest BCUT2D eigenvalue weighted by Crippen LogP contribution is -2.18. The lowest BCUT2D eigenvalue weighted by molar-refractivity contribution is 0.457. The number of fused-ring (bicyclic) bond motifs is 1. The normalized spacial score (nSPS) is 14.8. The van der Waals surface area contributed by atoms with Gasteiger partial charge in [-0.1, -0.05) is 60.5 Å². The summed E-state index contributed by atoms with van der Waals surface area (Å²) in [5.41, 5.74) is 7.49. The minimum Gasteiger partial charge on any atom is -0.324 e. The Morgan fingerprint density at radius 2 is 2.00 bits per heavy atom. The lowest BCUT2D eigenvalue weighted by Gasteiger charge is -2.19. The molecule has 2 aromatic carbocycles. The van der Waals surface area contributed by atoms with Gasteiger partial charge in [0.25, 0.3) is 0 Å². The van der Waals surface area contributed by atoms with E-state index in [1.54, 1.807) is 0 Å². The summed E-state index contributed by atoms with van der Waals surface area (Å²) in [5.74, 6) is 0.514. The zero-order chi connectivity index (χ0) is 12.4. The molecule has 2 N–H and O–H groups in total. The van der Waals surface area contributed by atoms with Crippen molar-refractivity contribution in [2.45, 2.75) is 26.3 Å². The molecule has 2 heteroatoms. The van der Waals surface area contributed by atoms with Crippen molar-refractivity contribution in [2.24, 2.45) is 11.7 Å². The van der Waals surface area contributed by atoms with E-state index in [9.17, 15) is 0 Å². The zero-order valence-corrected chi connectivity index (χ0v) is 11.9. The van der Waals surface area contributed by atoms with Gasteiger partial charge < -0.3 is 5.73 Å². The molecule has 2 aromatic rings. The van der Waals surface area contributed by atoms with E-state index in [1.807, 2.05) is 0 Å². The van der Waals surface area contributed by atoms with Crippen LogP contribution in [0.3, 0.4) is 0 Å². The highest BCUT2D eigenvalue weighted by Gasteiger charge is 2.13. The van der Waals surface area contributed by atoms with E-state index < -0.39 is 0 Å². The van der Waals surface area contributed by atoms with Gasteiger partial charge in [-0.3, -0.25) is 0 Å². The molecule has 0 saturated heterocycles. The third kappa shape index (κ3) is 2.53. The molecule has 0 fully saturated rings. The highest BCUT2D eigenvalue weighted by Crippen LogP contribution is 2.28. The summed E-state index contributed by atoms with van der Waals surface area (Å²) in [6.45, 7) is 4.39. The molecule has 2 unspecified atom stereocenters. The largest absolute Gasteiger partial charge is 0.324 e. The predicted octanol–water partition coefficient (Wildman–Crippen LogP) is 4.65. The number of rotatable bonds is 3. The third-order valence-corrected chi connectivity index (χ3v) is 4.18. The molecule has 0 heterocycles. The van der Waals surface area contributed by atoms with E-state index in [2.05, 4.69) is 66.2 Å². The molecule has 0 radical (unpaired) electrons. The maximum atomic E-state index is 6.27. The molecular weight excluding hydrogens is 274 g/mol. The number of hydrogen-bond donors (Lipinski definition) is 1. The van der Waals surface area contributed by atoms with Crippen molar-refractivity contribution in [3.8, 4) is 0 Å². The number of nitrogens with two attached hydrogens (primary N) is 1. The second-order valence-electron chi connectivity index (χ2n) is 4.63. The van der Waals surface area contributed by atoms with Crippen LogP contribution in [-0.2, 0) is 0 Å². The van der Waals surface area contributed by atoms with Crippen molar-refractivity contribution in [3.63, 3.8) is 0 Å². The first kappa shape index (κ1) is 12.6. The topological polar surface area (TPSA) is 26.0 Å². The van der Waals surface area contributed by atoms with Gasteiger partial charge in [0.15, 0.2) is 0 Å². The van der Waals surface area contributed by atoms with Crippen LogP contribution in [0.15, 0.2) is 40.9 Å². The Morgan fingerprint density at radius 3 is 2.71 bits per heavy atom. The van der Waals surface area contributed by atoms with E-state index >= 15 is 0 Å². The van der Waals surface area contributed by atoms with Crippen LogP contribution in [0.25, 0.3) is 10.8 Å². The fraction of sp³-hybridized carbons (Fsp3) is 0.333. The van der Waals surface area contributed by atoms with Gasteiger partial charge in [0, 0.05) is 10.5 Å². The average molecular weight is 292 g/mol. The fourth-order valence-corrected chi connectivity index (χ4v) is 2.57. The Balaban J connectivity index is 2.45. The summed E-state index contributed by atoms with van der Waals surface area (Å²) in [4.78, 5) is 0. The molecule has 0 saturated carbocycles. The number of benzene rings is 2. The Bertz CT molecular complexity index is 521. The zero-order valence-electron chi connectivity index (χ0n) is 10.3. The molecule has 0 bridgehead atoms. The highest BCUT2D eigenvalue weighted by molar-refractivity contribution is 9.10. The fourth-order valence-electron chi connectivity index (χ4n) is 2.05. The van der Waals surface area contributed by atoms with E-state index in [0.29, 0.717) is 5.92 Å². The SMILES string of the molecule is CCC(C)C(N)c1ccc2c(Br)cccc2c1. The Morgan fingerprint density at radius 1 is 1.24 bits per heavy atom. The number of halogens is 1. The molecule has 2 rings (SSSR count). The second kappa shape index (κ2) is 5.19. The van der Waals surface area contributed by atoms with E-state index in [4.69, 9.17) is 5.73 Å². The van der Waals surface area contributed by atoms with Crippen molar-refractivity contribution in [1.29, 1.82) is 0 Å². The summed E-state index contributed by atoms with van der Waals surface area (Å²) in [5, 5.41) is 2.49. The Kier molecular flexibility index (Phi) is 3.85. The molecular formula is C15H18BrN. The summed E-state index contributed by atoms with van der Waals surface area (Å²) < 4.78 is 1.14. The van der Waals surface area contributed by atoms with Crippen molar-refractivity contribution in [2.75, 3.05) is 0 Å². The molecule has 2 atom stereocenters. The van der Waals surface area contributed by atoms with Gasteiger partial charge in [0.05, 0.1) is 0 Å². The quantitative estimate of drug-likeness (QED) is 0.875. The molecule has 0 aromatic heterocycles. The van der Waals surface area contributed by atoms with Gasteiger partial charge in [0.2, 0.25) is 0 Å². The summed E-state index contributed by atoms with van der Waals surface area (Å²) in [6, 6.07) is 12.9. The Labute approximate surface area is 111 Å². The second-order valence-corrected chi connectivity index (χ2v) is 5.49. The van der Waals surface area contributed by atoms with Gasteiger partial charge in [-0.25, -0.2) is 0 Å². The van der Waals surface area contributed by atoms with Crippen molar-refractivity contribution >= 4 is 26.7 Å². The summed E-state index contributed by atoms with van der Waals surface area (Å²) in [7, 11) is 0. The monoisotopic (exact) mass is 291 g/mol. The van der Waals surface area contributed by atoms with E-state index in [-0.39, 0.29) is 6.04 Å². The molecule has 90 valence electrons. The number of hydrogen-bond acceptors (Lipinski definition) is 1. The molecule has 0 amide bonds. The van der Waals surface area contributed by atoms with Crippen LogP contribution in [0.2, 0.25) is 0 Å². The average Bonchev–Trinajstić information content (AvgIpc) is 2.37. The van der Waals surface area contributed by atoms with E-state index in [0.717, 1.165) is 10.9 Å². The lowest BCUT2D eigenvalue weighted by atomic mass is 9.92. The minimum absolute atomic E-state index is 0.128. The molecule has 1 nitrogen and oxygen atoms in total. The van der Waals surface area contributed by atoms with Crippen LogP contribution in [-0.4, -0.2) is 0 Å². The maximum Gasteiger partial charge on any atom is 0.0320 e. The third-order valence-electron chi connectivity index (χ3n) is 3.49. The summed E-state index contributed by atoms with van der Waals surface area (Å²) in [6.07, 6.45) is 1.11. The van der Waals surface area contributed by atoms with Crippen LogP contribution < -0.4 is 5.73 Å². The Hall–Kier alpha value is -0.860. The minimum atomic E-state index is 0.128. The smallest absolute Gasteiger partial charge is 0.0320 e. The molecule has 0 aliphatic heterocycles. The maximum absolute atomic E-state index is 6.27. The van der Waals surface area contributed by atoms with Gasteiger partial charge in [-0.2, -0.15) is 0 Å². The van der Waals surface area contributed by atoms with Crippen LogP contribution in [0.4, 0.5) is 0 Å². The molecule has 17 heavy (non-hydrogen) atoms. The van der Waals surface area contributed by atoms with Gasteiger partial charge in [-0.15, -0.1) is 0 Å². The van der Waals surface area contributed by atoms with Crippen molar-refractivity contribution in [3.05, 3.63) is 46.4 Å². The van der Waals surface area contributed by atoms with Crippen molar-refractivity contribution < 1.29 is 0 Å². The molecule has 0 spiro atoms. The highest BCUT2D eigenvalue weighted by atomic mass is 79.9. The van der Waals surface area contributed by atoms with Gasteiger partial charge in [0.1, 0.15) is 0 Å². The van der Waals surface area contributed by atoms with Crippen LogP contribution in [0.1, 0.15) is 31.9 Å². The molecule has 0 aliphatic rings. The summed E-state index contributed by atoms with van der Waals surface area (Å²) >= 11 is 3.57.